The summed E-state index contributed by atoms with van der Waals surface area (Å²) in [6.07, 6.45) is 0.756. The second-order valence-electron chi connectivity index (χ2n) is 4.51. The molecule has 0 heterocycles. The molecule has 104 valence electrons. The largest absolute Gasteiger partial charge is 0.343 e. The van der Waals surface area contributed by atoms with Crippen molar-refractivity contribution in [3.63, 3.8) is 0 Å². The molecule has 0 aliphatic rings. The number of benzene rings is 2. The lowest BCUT2D eigenvalue weighted by molar-refractivity contribution is 0.0681. The Hall–Kier alpha value is -2.33. The van der Waals surface area contributed by atoms with Crippen LogP contribution < -0.4 is 10.8 Å². The van der Waals surface area contributed by atoms with E-state index in [1.54, 1.807) is 0 Å². The minimum atomic E-state index is -0.373. The van der Waals surface area contributed by atoms with Gasteiger partial charge >= 0.3 is 6.03 Å². The Kier molecular flexibility index (Phi) is 5.15. The number of hydrogen-bond acceptors (Lipinski definition) is 2. The maximum atomic E-state index is 11.6. The lowest BCUT2D eigenvalue weighted by Crippen LogP contribution is -2.29. The highest BCUT2D eigenvalue weighted by molar-refractivity contribution is 5.88. The molecule has 0 atom stereocenters. The first-order valence-corrected chi connectivity index (χ1v) is 6.53. The van der Waals surface area contributed by atoms with Gasteiger partial charge in [-0.05, 0) is 31.0 Å². The zero-order valence-electron chi connectivity index (χ0n) is 11.4. The highest BCUT2D eigenvalue weighted by Gasteiger charge is 2.01. The summed E-state index contributed by atoms with van der Waals surface area (Å²) < 4.78 is 0. The molecule has 0 saturated heterocycles. The van der Waals surface area contributed by atoms with E-state index >= 15 is 0 Å². The van der Waals surface area contributed by atoms with Crippen LogP contribution in [0.15, 0.2) is 54.6 Å². The molecule has 2 aromatic carbocycles. The molecule has 0 radical (unpaired) electrons. The summed E-state index contributed by atoms with van der Waals surface area (Å²) in [5.41, 5.74) is 5.42. The van der Waals surface area contributed by atoms with E-state index in [0.717, 1.165) is 17.7 Å². The molecule has 2 aromatic rings. The summed E-state index contributed by atoms with van der Waals surface area (Å²) in [5.74, 6) is 0. The topological polar surface area (TPSA) is 50.4 Å². The number of hydroxylamine groups is 1. The molecule has 20 heavy (non-hydrogen) atoms. The van der Waals surface area contributed by atoms with E-state index < -0.39 is 0 Å². The number of nitrogens with one attached hydrogen (secondary N) is 2. The number of carbonyl (C=O) groups is 1. The summed E-state index contributed by atoms with van der Waals surface area (Å²) in [5, 5.41) is 2.69. The molecular formula is C16H18N2O2. The van der Waals surface area contributed by atoms with Crippen molar-refractivity contribution in [1.82, 2.24) is 5.48 Å². The van der Waals surface area contributed by atoms with Crippen LogP contribution in [0.25, 0.3) is 0 Å². The summed E-state index contributed by atoms with van der Waals surface area (Å²) in [6, 6.07) is 17.2. The Labute approximate surface area is 118 Å². The lowest BCUT2D eigenvalue weighted by Gasteiger charge is -2.08. The van der Waals surface area contributed by atoms with E-state index in [1.165, 1.54) is 5.56 Å². The fourth-order valence-corrected chi connectivity index (χ4v) is 1.72. The van der Waals surface area contributed by atoms with E-state index in [4.69, 9.17) is 4.84 Å². The molecule has 0 aliphatic carbocycles. The van der Waals surface area contributed by atoms with Crippen LogP contribution >= 0.6 is 0 Å². The zero-order chi connectivity index (χ0) is 14.2. The molecule has 0 saturated carbocycles. The third-order valence-corrected chi connectivity index (χ3v) is 2.81. The number of amides is 2. The van der Waals surface area contributed by atoms with Crippen molar-refractivity contribution in [3.8, 4) is 0 Å². The van der Waals surface area contributed by atoms with Crippen molar-refractivity contribution >= 4 is 11.7 Å². The summed E-state index contributed by atoms with van der Waals surface area (Å²) in [4.78, 5) is 16.7. The van der Waals surface area contributed by atoms with E-state index in [-0.39, 0.29) is 6.03 Å². The second kappa shape index (κ2) is 7.31. The van der Waals surface area contributed by atoms with Crippen LogP contribution in [0.4, 0.5) is 10.5 Å². The Bertz CT molecular complexity index is 538. The van der Waals surface area contributed by atoms with Crippen LogP contribution in [0.1, 0.15) is 11.1 Å². The highest BCUT2D eigenvalue weighted by Crippen LogP contribution is 2.08. The fourth-order valence-electron chi connectivity index (χ4n) is 1.72. The lowest BCUT2D eigenvalue weighted by atomic mass is 10.2. The van der Waals surface area contributed by atoms with Gasteiger partial charge in [-0.25, -0.2) is 10.3 Å². The maximum absolute atomic E-state index is 11.6. The van der Waals surface area contributed by atoms with E-state index in [0.29, 0.717) is 6.61 Å². The predicted octanol–water partition coefficient (Wildman–Crippen LogP) is 3.29. The monoisotopic (exact) mass is 270 g/mol. The van der Waals surface area contributed by atoms with Gasteiger partial charge in [0.25, 0.3) is 0 Å². The van der Waals surface area contributed by atoms with Gasteiger partial charge in [0.15, 0.2) is 0 Å². The van der Waals surface area contributed by atoms with Crippen LogP contribution in [-0.2, 0) is 11.3 Å². The minimum absolute atomic E-state index is 0.373. The van der Waals surface area contributed by atoms with Crippen molar-refractivity contribution in [2.24, 2.45) is 0 Å². The second-order valence-corrected chi connectivity index (χ2v) is 4.51. The van der Waals surface area contributed by atoms with Gasteiger partial charge in [0.2, 0.25) is 0 Å². The van der Waals surface area contributed by atoms with Crippen molar-refractivity contribution < 1.29 is 9.63 Å². The van der Waals surface area contributed by atoms with Crippen LogP contribution in [0.3, 0.4) is 0 Å². The van der Waals surface area contributed by atoms with Crippen LogP contribution in [0.5, 0.6) is 0 Å². The average molecular weight is 270 g/mol. The van der Waals surface area contributed by atoms with Gasteiger partial charge in [0.1, 0.15) is 0 Å². The minimum Gasteiger partial charge on any atom is -0.306 e. The first-order valence-electron chi connectivity index (χ1n) is 6.53. The van der Waals surface area contributed by atoms with E-state index in [1.807, 2.05) is 61.5 Å². The smallest absolute Gasteiger partial charge is 0.306 e. The predicted molar refractivity (Wildman–Crippen MR) is 79.4 cm³/mol. The van der Waals surface area contributed by atoms with Crippen LogP contribution in [-0.4, -0.2) is 12.6 Å². The number of carbonyl (C=O) groups excluding carboxylic acids is 1. The van der Waals surface area contributed by atoms with Crippen molar-refractivity contribution in [2.45, 2.75) is 13.3 Å². The third kappa shape index (κ3) is 4.74. The fraction of sp³-hybridized carbons (Fsp3) is 0.188. The molecule has 0 aliphatic heterocycles. The molecule has 0 spiro atoms. The van der Waals surface area contributed by atoms with Gasteiger partial charge in [-0.3, -0.25) is 4.84 Å². The van der Waals surface area contributed by atoms with Gasteiger partial charge in [-0.15, -0.1) is 0 Å². The van der Waals surface area contributed by atoms with Crippen LogP contribution in [0.2, 0.25) is 0 Å². The highest BCUT2D eigenvalue weighted by atomic mass is 16.7. The first kappa shape index (κ1) is 14.1. The summed E-state index contributed by atoms with van der Waals surface area (Å²) in [7, 11) is 0. The molecule has 4 nitrogen and oxygen atoms in total. The Morgan fingerprint density at radius 2 is 1.75 bits per heavy atom. The van der Waals surface area contributed by atoms with Crippen molar-refractivity contribution in [2.75, 3.05) is 11.9 Å². The molecule has 0 unspecified atom stereocenters. The van der Waals surface area contributed by atoms with Gasteiger partial charge in [0.05, 0.1) is 6.61 Å². The SMILES string of the molecule is Cc1ccc(NC(=O)NOCCc2ccccc2)cc1. The number of urea groups is 1. The molecule has 2 rings (SSSR count). The Morgan fingerprint density at radius 3 is 2.45 bits per heavy atom. The summed E-state index contributed by atoms with van der Waals surface area (Å²) >= 11 is 0. The van der Waals surface area contributed by atoms with Crippen LogP contribution in [0, 0.1) is 6.92 Å². The molecule has 0 bridgehead atoms. The number of anilines is 1. The summed E-state index contributed by atoms with van der Waals surface area (Å²) in [6.45, 7) is 2.43. The zero-order valence-corrected chi connectivity index (χ0v) is 11.4. The molecule has 0 aromatic heterocycles. The molecule has 0 fully saturated rings. The van der Waals surface area contributed by atoms with Crippen molar-refractivity contribution in [1.29, 1.82) is 0 Å². The average Bonchev–Trinajstić information content (AvgIpc) is 2.47. The third-order valence-electron chi connectivity index (χ3n) is 2.81. The number of hydrogen-bond donors (Lipinski definition) is 2. The first-order chi connectivity index (χ1) is 9.74. The van der Waals surface area contributed by atoms with Gasteiger partial charge in [-0.1, -0.05) is 48.0 Å². The molecule has 4 heteroatoms. The standard InChI is InChI=1S/C16H18N2O2/c1-13-7-9-15(10-8-13)17-16(19)18-20-12-11-14-5-3-2-4-6-14/h2-10H,11-12H2,1H3,(H2,17,18,19). The number of aryl methyl sites for hydroxylation is 1. The Balaban J connectivity index is 1.66. The van der Waals surface area contributed by atoms with E-state index in [9.17, 15) is 4.79 Å². The quantitative estimate of drug-likeness (QED) is 0.647. The van der Waals surface area contributed by atoms with Gasteiger partial charge < -0.3 is 5.32 Å². The van der Waals surface area contributed by atoms with E-state index in [2.05, 4.69) is 10.8 Å². The normalized spacial score (nSPS) is 10.1. The van der Waals surface area contributed by atoms with Gasteiger partial charge in [-0.2, -0.15) is 0 Å². The Morgan fingerprint density at radius 1 is 1.05 bits per heavy atom. The van der Waals surface area contributed by atoms with Gasteiger partial charge in [0, 0.05) is 5.69 Å². The maximum Gasteiger partial charge on any atom is 0.343 e. The van der Waals surface area contributed by atoms with Crippen molar-refractivity contribution in [3.05, 3.63) is 65.7 Å². The molecular weight excluding hydrogens is 252 g/mol. The molecule has 2 amide bonds. The molecule has 2 N–H and O–H groups in total. The number of rotatable bonds is 5.